The van der Waals surface area contributed by atoms with Crippen molar-refractivity contribution in [1.82, 2.24) is 14.6 Å². The molecule has 2 N–H and O–H groups in total. The zero-order valence-corrected chi connectivity index (χ0v) is 23.0. The summed E-state index contributed by atoms with van der Waals surface area (Å²) < 4.78 is 2.52. The topological polar surface area (TPSA) is 71.3 Å². The molecule has 10 heteroatoms. The van der Waals surface area contributed by atoms with Crippen molar-refractivity contribution in [2.45, 2.75) is 13.0 Å². The van der Waals surface area contributed by atoms with E-state index in [2.05, 4.69) is 31.7 Å². The maximum absolute atomic E-state index is 12.5. The highest BCUT2D eigenvalue weighted by Gasteiger charge is 2.13. The summed E-state index contributed by atoms with van der Waals surface area (Å²) in [6.45, 7) is 0.535. The number of aromatic nitrogens is 3. The van der Waals surface area contributed by atoms with Crippen LogP contribution in [0.3, 0.4) is 0 Å². The van der Waals surface area contributed by atoms with Crippen LogP contribution in [0.15, 0.2) is 83.5 Å². The van der Waals surface area contributed by atoms with E-state index < -0.39 is 0 Å². The monoisotopic (exact) mass is 613 g/mol. The van der Waals surface area contributed by atoms with Gasteiger partial charge in [-0.3, -0.25) is 4.79 Å². The van der Waals surface area contributed by atoms with Gasteiger partial charge >= 0.3 is 0 Å². The molecule has 0 unspecified atom stereocenters. The van der Waals surface area contributed by atoms with E-state index in [4.69, 9.17) is 39.8 Å². The fraction of sp³-hybridized carbons (Fsp3) is 0.0741. The number of fused-ring (bicyclic) bond motifs is 1. The summed E-state index contributed by atoms with van der Waals surface area (Å²) in [6, 6.07) is 22.2. The number of amides is 1. The lowest BCUT2D eigenvalue weighted by molar-refractivity contribution is -0.115. The molecule has 0 aliphatic rings. The van der Waals surface area contributed by atoms with Crippen molar-refractivity contribution in [2.75, 3.05) is 10.6 Å². The van der Waals surface area contributed by atoms with Crippen molar-refractivity contribution in [3.05, 3.63) is 110 Å². The first-order valence-electron chi connectivity index (χ1n) is 11.2. The molecule has 1 amide bonds. The molecule has 0 saturated carbocycles. The molecule has 0 saturated heterocycles. The zero-order valence-electron chi connectivity index (χ0n) is 19.2. The van der Waals surface area contributed by atoms with Gasteiger partial charge in [0.2, 0.25) is 5.91 Å². The normalized spacial score (nSPS) is 11.0. The van der Waals surface area contributed by atoms with Crippen molar-refractivity contribution in [3.8, 4) is 11.3 Å². The van der Waals surface area contributed by atoms with Crippen molar-refractivity contribution >= 4 is 73.8 Å². The van der Waals surface area contributed by atoms with Crippen molar-refractivity contribution < 1.29 is 4.79 Å². The molecule has 5 rings (SSSR count). The van der Waals surface area contributed by atoms with E-state index in [-0.39, 0.29) is 12.3 Å². The average Bonchev–Trinajstić information content (AvgIpc) is 3.26. The Kier molecular flexibility index (Phi) is 7.67. The smallest absolute Gasteiger partial charge is 0.228 e. The Balaban J connectivity index is 1.29. The number of rotatable bonds is 7. The number of carbonyl (C=O) groups excluding carboxylic acids is 1. The third-order valence-electron chi connectivity index (χ3n) is 5.66. The first kappa shape index (κ1) is 25.5. The summed E-state index contributed by atoms with van der Waals surface area (Å²) in [5.74, 6) is 0.605. The fourth-order valence-corrected chi connectivity index (χ4v) is 4.87. The molecule has 2 aromatic heterocycles. The molecule has 0 radical (unpaired) electrons. The summed E-state index contributed by atoms with van der Waals surface area (Å²) in [6.07, 6.45) is 1.86. The predicted octanol–water partition coefficient (Wildman–Crippen LogP) is 7.91. The molecule has 0 fully saturated rings. The van der Waals surface area contributed by atoms with Crippen LogP contribution in [0.5, 0.6) is 0 Å². The summed E-state index contributed by atoms with van der Waals surface area (Å²) in [7, 11) is 0. The third-order valence-corrected chi connectivity index (χ3v) is 7.13. The van der Waals surface area contributed by atoms with Crippen LogP contribution in [0.2, 0.25) is 15.1 Å². The van der Waals surface area contributed by atoms with Crippen molar-refractivity contribution in [2.24, 2.45) is 0 Å². The number of benzene rings is 3. The van der Waals surface area contributed by atoms with Crippen LogP contribution in [0, 0.1) is 0 Å². The van der Waals surface area contributed by atoms with E-state index >= 15 is 0 Å². The van der Waals surface area contributed by atoms with Crippen LogP contribution in [0.25, 0.3) is 16.9 Å². The van der Waals surface area contributed by atoms with E-state index in [1.807, 2.05) is 54.6 Å². The van der Waals surface area contributed by atoms with Gasteiger partial charge in [-0.2, -0.15) is 9.61 Å². The molecular weight excluding hydrogens is 597 g/mol. The van der Waals surface area contributed by atoms with Crippen LogP contribution < -0.4 is 10.6 Å². The number of hydrogen-bond donors (Lipinski definition) is 2. The minimum Gasteiger partial charge on any atom is -0.366 e. The lowest BCUT2D eigenvalue weighted by atomic mass is 10.1. The standard InChI is InChI=1S/C27H19BrCl3N5O/c28-21-15-33-36-25(13-24(35-27(21)36)20-3-1-2-4-22(20)30)32-14-16-5-9-19(10-6-16)34-26(37)11-17-7-8-18(29)12-23(17)31/h1-10,12-13,15,32H,11,14H2,(H,34,37). The van der Waals surface area contributed by atoms with E-state index in [0.717, 1.165) is 32.7 Å². The van der Waals surface area contributed by atoms with E-state index in [1.54, 1.807) is 28.9 Å². The number of carbonyl (C=O) groups is 1. The zero-order chi connectivity index (χ0) is 25.9. The minimum absolute atomic E-state index is 0.157. The second kappa shape index (κ2) is 11.1. The number of halogens is 4. The molecule has 0 atom stereocenters. The largest absolute Gasteiger partial charge is 0.366 e. The maximum atomic E-state index is 12.5. The Morgan fingerprint density at radius 3 is 2.49 bits per heavy atom. The molecule has 0 aliphatic heterocycles. The molecule has 5 aromatic rings. The Morgan fingerprint density at radius 2 is 1.73 bits per heavy atom. The van der Waals surface area contributed by atoms with E-state index in [9.17, 15) is 4.79 Å². The lowest BCUT2D eigenvalue weighted by Gasteiger charge is -2.12. The van der Waals surface area contributed by atoms with Gasteiger partial charge in [-0.15, -0.1) is 0 Å². The average molecular weight is 616 g/mol. The predicted molar refractivity (Wildman–Crippen MR) is 154 cm³/mol. The fourth-order valence-electron chi connectivity index (χ4n) is 3.81. The molecule has 186 valence electrons. The summed E-state index contributed by atoms with van der Waals surface area (Å²) in [4.78, 5) is 17.2. The Bertz CT molecular complexity index is 1600. The van der Waals surface area contributed by atoms with Gasteiger partial charge in [0.15, 0.2) is 5.65 Å². The number of hydrogen-bond acceptors (Lipinski definition) is 4. The number of nitrogens with zero attached hydrogens (tertiary/aromatic N) is 3. The number of anilines is 2. The van der Waals surface area contributed by atoms with Gasteiger partial charge in [-0.1, -0.05) is 71.2 Å². The second-order valence-corrected chi connectivity index (χ2v) is 10.4. The minimum atomic E-state index is -0.161. The third kappa shape index (κ3) is 5.91. The SMILES string of the molecule is O=C(Cc1ccc(Cl)cc1Cl)Nc1ccc(CNc2cc(-c3ccccc3Cl)nc3c(Br)cnn23)cc1. The quantitative estimate of drug-likeness (QED) is 0.195. The van der Waals surface area contributed by atoms with Crippen LogP contribution >= 0.6 is 50.7 Å². The highest BCUT2D eigenvalue weighted by molar-refractivity contribution is 9.10. The molecule has 0 spiro atoms. The number of nitrogens with one attached hydrogen (secondary N) is 2. The molecule has 37 heavy (non-hydrogen) atoms. The summed E-state index contributed by atoms with van der Waals surface area (Å²) in [5.41, 5.74) is 4.69. The van der Waals surface area contributed by atoms with E-state index in [1.165, 1.54) is 0 Å². The van der Waals surface area contributed by atoms with Gasteiger partial charge < -0.3 is 10.6 Å². The molecular formula is C27H19BrCl3N5O. The van der Waals surface area contributed by atoms with E-state index in [0.29, 0.717) is 32.9 Å². The first-order chi connectivity index (χ1) is 17.9. The van der Waals surface area contributed by atoms with Gasteiger partial charge in [0, 0.05) is 38.9 Å². The summed E-state index contributed by atoms with van der Waals surface area (Å²) >= 11 is 22.1. The molecule has 3 aromatic carbocycles. The molecule has 0 bridgehead atoms. The van der Waals surface area contributed by atoms with Crippen molar-refractivity contribution in [1.29, 1.82) is 0 Å². The highest BCUT2D eigenvalue weighted by atomic mass is 79.9. The Hall–Kier alpha value is -3.10. The van der Waals surface area contributed by atoms with Gasteiger partial charge in [0.25, 0.3) is 0 Å². The van der Waals surface area contributed by atoms with Crippen LogP contribution in [-0.4, -0.2) is 20.5 Å². The molecule has 6 nitrogen and oxygen atoms in total. The Labute approximate surface area is 236 Å². The van der Waals surface area contributed by atoms with Crippen molar-refractivity contribution in [3.63, 3.8) is 0 Å². The Morgan fingerprint density at radius 1 is 0.946 bits per heavy atom. The van der Waals surface area contributed by atoms with Crippen LogP contribution in [0.4, 0.5) is 11.5 Å². The second-order valence-electron chi connectivity index (χ2n) is 8.25. The van der Waals surface area contributed by atoms with Gasteiger partial charge in [0.05, 0.1) is 22.8 Å². The molecule has 2 heterocycles. The first-order valence-corrected chi connectivity index (χ1v) is 13.2. The van der Waals surface area contributed by atoms with Gasteiger partial charge in [-0.05, 0) is 57.4 Å². The highest BCUT2D eigenvalue weighted by Crippen LogP contribution is 2.30. The lowest BCUT2D eigenvalue weighted by Crippen LogP contribution is -2.14. The molecule has 0 aliphatic carbocycles. The maximum Gasteiger partial charge on any atom is 0.228 e. The van der Waals surface area contributed by atoms with Gasteiger partial charge in [0.1, 0.15) is 5.82 Å². The van der Waals surface area contributed by atoms with Gasteiger partial charge in [-0.25, -0.2) is 4.98 Å². The van der Waals surface area contributed by atoms with Crippen LogP contribution in [-0.2, 0) is 17.8 Å². The van der Waals surface area contributed by atoms with Crippen LogP contribution in [0.1, 0.15) is 11.1 Å². The summed E-state index contributed by atoms with van der Waals surface area (Å²) in [5, 5.41) is 12.4.